The van der Waals surface area contributed by atoms with E-state index >= 15 is 0 Å². The van der Waals surface area contributed by atoms with Crippen molar-refractivity contribution < 1.29 is 9.53 Å². The Morgan fingerprint density at radius 2 is 2.09 bits per heavy atom. The first-order chi connectivity index (χ1) is 15.1. The average Bonchev–Trinajstić information content (AvgIpc) is 3.25. The molecule has 32 heavy (non-hydrogen) atoms. The van der Waals surface area contributed by atoms with Crippen LogP contribution < -0.4 is 25.2 Å². The Morgan fingerprint density at radius 1 is 1.25 bits per heavy atom. The molecule has 2 aliphatic rings. The van der Waals surface area contributed by atoms with Gasteiger partial charge in [0.1, 0.15) is 5.75 Å². The van der Waals surface area contributed by atoms with Gasteiger partial charge in [-0.25, -0.2) is 0 Å². The Labute approximate surface area is 211 Å². The van der Waals surface area contributed by atoms with Gasteiger partial charge in [0, 0.05) is 50.0 Å². The zero-order valence-electron chi connectivity index (χ0n) is 18.1. The maximum atomic E-state index is 12.3. The van der Waals surface area contributed by atoms with Gasteiger partial charge in [-0.15, -0.1) is 24.0 Å². The summed E-state index contributed by atoms with van der Waals surface area (Å²) in [4.78, 5) is 20.8. The van der Waals surface area contributed by atoms with E-state index < -0.39 is 0 Å². The van der Waals surface area contributed by atoms with Gasteiger partial charge in [-0.3, -0.25) is 9.79 Å². The molecule has 0 radical (unpaired) electrons. The van der Waals surface area contributed by atoms with E-state index in [4.69, 9.17) is 16.3 Å². The molecule has 9 heteroatoms. The normalized spacial score (nSPS) is 18.0. The summed E-state index contributed by atoms with van der Waals surface area (Å²) in [6.45, 7) is 3.33. The third kappa shape index (κ3) is 5.98. The van der Waals surface area contributed by atoms with Crippen molar-refractivity contribution in [1.29, 1.82) is 0 Å². The lowest BCUT2D eigenvalue weighted by Crippen LogP contribution is -2.45. The van der Waals surface area contributed by atoms with Crippen molar-refractivity contribution in [2.24, 2.45) is 4.99 Å². The number of nitrogens with one attached hydrogen (secondary N) is 2. The van der Waals surface area contributed by atoms with Crippen LogP contribution in [-0.4, -0.2) is 57.7 Å². The van der Waals surface area contributed by atoms with Crippen LogP contribution in [0, 0.1) is 0 Å². The number of hydrogen-bond acceptors (Lipinski definition) is 4. The number of nitrogens with zero attached hydrogens (tertiary/aromatic N) is 3. The number of fused-ring (bicyclic) bond motifs is 1. The number of amides is 1. The van der Waals surface area contributed by atoms with Crippen LogP contribution in [0.1, 0.15) is 12.8 Å². The lowest BCUT2D eigenvalue weighted by Gasteiger charge is -2.29. The Morgan fingerprint density at radius 3 is 2.91 bits per heavy atom. The molecule has 1 saturated heterocycles. The van der Waals surface area contributed by atoms with Crippen molar-refractivity contribution in [1.82, 2.24) is 10.6 Å². The van der Waals surface area contributed by atoms with Crippen LogP contribution in [0.2, 0.25) is 5.02 Å². The molecule has 7 nitrogen and oxygen atoms in total. The fraction of sp³-hybridized carbons (Fsp3) is 0.391. The van der Waals surface area contributed by atoms with E-state index in [1.54, 1.807) is 11.9 Å². The van der Waals surface area contributed by atoms with Crippen LogP contribution in [0.25, 0.3) is 0 Å². The minimum Gasteiger partial charge on any atom is -0.482 e. The molecule has 2 aromatic rings. The first-order valence-corrected chi connectivity index (χ1v) is 11.0. The average molecular weight is 570 g/mol. The number of ether oxygens (including phenoxy) is 1. The van der Waals surface area contributed by atoms with Crippen LogP contribution in [0.15, 0.2) is 53.5 Å². The second-order valence-electron chi connectivity index (χ2n) is 7.71. The first-order valence-electron chi connectivity index (χ1n) is 10.6. The van der Waals surface area contributed by atoms with Crippen LogP contribution >= 0.6 is 35.6 Å². The van der Waals surface area contributed by atoms with Crippen LogP contribution in [0.3, 0.4) is 0 Å². The lowest BCUT2D eigenvalue weighted by atomic mass is 10.2. The molecule has 1 atom stereocenters. The van der Waals surface area contributed by atoms with Gasteiger partial charge in [0.25, 0.3) is 5.91 Å². The number of hydrogen-bond donors (Lipinski definition) is 2. The Kier molecular flexibility index (Phi) is 8.86. The quantitative estimate of drug-likeness (QED) is 0.241. The summed E-state index contributed by atoms with van der Waals surface area (Å²) in [6.07, 6.45) is 1.84. The standard InChI is InChI=1S/C23H28ClN5O2.HI/c1-25-23(27-18-10-13-28(15-18)19-7-4-6-17(24)14-19)26-11-5-12-29-20-8-2-3-9-21(20)31-16-22(29)30;/h2-4,6-9,14,18H,5,10-13,15-16H2,1H3,(H2,25,26,27);1H. The molecular formula is C23H29ClIN5O2. The predicted molar refractivity (Wildman–Crippen MR) is 141 cm³/mol. The number of guanidine groups is 1. The summed E-state index contributed by atoms with van der Waals surface area (Å²) in [6, 6.07) is 15.9. The van der Waals surface area contributed by atoms with Crippen LogP contribution in [0.4, 0.5) is 11.4 Å². The molecule has 0 aliphatic carbocycles. The SMILES string of the molecule is CN=C(NCCCN1C(=O)COc2ccccc21)NC1CCN(c2cccc(Cl)c2)C1.I. The Bertz CT molecular complexity index is 957. The van der Waals surface area contributed by atoms with Gasteiger partial charge in [0.15, 0.2) is 12.6 Å². The van der Waals surface area contributed by atoms with E-state index in [-0.39, 0.29) is 36.5 Å². The van der Waals surface area contributed by atoms with E-state index in [0.29, 0.717) is 12.6 Å². The Hall–Kier alpha value is -2.20. The molecule has 2 N–H and O–H groups in total. The predicted octanol–water partition coefficient (Wildman–Crippen LogP) is 3.52. The minimum atomic E-state index is -0.00623. The van der Waals surface area contributed by atoms with Crippen molar-refractivity contribution in [3.63, 3.8) is 0 Å². The van der Waals surface area contributed by atoms with Crippen LogP contribution in [0.5, 0.6) is 5.75 Å². The monoisotopic (exact) mass is 569 g/mol. The van der Waals surface area contributed by atoms with Gasteiger partial charge in [-0.05, 0) is 43.2 Å². The van der Waals surface area contributed by atoms with Crippen molar-refractivity contribution in [2.45, 2.75) is 18.9 Å². The second kappa shape index (κ2) is 11.6. The van der Waals surface area contributed by atoms with Gasteiger partial charge < -0.3 is 25.2 Å². The molecule has 0 aromatic heterocycles. The number of aliphatic imine (C=N–C) groups is 1. The molecule has 1 amide bonds. The van der Waals surface area contributed by atoms with Crippen LogP contribution in [-0.2, 0) is 4.79 Å². The van der Waals surface area contributed by atoms with E-state index in [1.165, 1.54) is 0 Å². The van der Waals surface area contributed by atoms with E-state index in [9.17, 15) is 4.79 Å². The molecule has 0 saturated carbocycles. The lowest BCUT2D eigenvalue weighted by molar-refractivity contribution is -0.121. The summed E-state index contributed by atoms with van der Waals surface area (Å²) < 4.78 is 5.50. The molecule has 172 valence electrons. The largest absolute Gasteiger partial charge is 0.482 e. The van der Waals surface area contributed by atoms with Crippen molar-refractivity contribution in [3.05, 3.63) is 53.6 Å². The number of carbonyl (C=O) groups is 1. The van der Waals surface area contributed by atoms with Gasteiger partial charge in [-0.2, -0.15) is 0 Å². The number of benzene rings is 2. The zero-order chi connectivity index (χ0) is 21.6. The highest BCUT2D eigenvalue weighted by atomic mass is 127. The molecule has 0 bridgehead atoms. The highest BCUT2D eigenvalue weighted by Gasteiger charge is 2.25. The van der Waals surface area contributed by atoms with Gasteiger partial charge in [0.05, 0.1) is 5.69 Å². The van der Waals surface area contributed by atoms with Gasteiger partial charge >= 0.3 is 0 Å². The Balaban J connectivity index is 0.00000289. The zero-order valence-corrected chi connectivity index (χ0v) is 21.2. The van der Waals surface area contributed by atoms with Crippen molar-refractivity contribution in [2.75, 3.05) is 49.6 Å². The molecule has 2 heterocycles. The number of rotatable bonds is 6. The third-order valence-corrected chi connectivity index (χ3v) is 5.82. The molecule has 0 spiro atoms. The molecule has 1 fully saturated rings. The molecule has 2 aromatic carbocycles. The minimum absolute atomic E-state index is 0. The summed E-state index contributed by atoms with van der Waals surface area (Å²) in [5.74, 6) is 1.54. The third-order valence-electron chi connectivity index (χ3n) is 5.59. The van der Waals surface area contributed by atoms with E-state index in [2.05, 4.69) is 26.6 Å². The second-order valence-corrected chi connectivity index (χ2v) is 8.15. The summed E-state index contributed by atoms with van der Waals surface area (Å²) >= 11 is 6.13. The van der Waals surface area contributed by atoms with Crippen molar-refractivity contribution >= 4 is 58.8 Å². The first kappa shape index (κ1) is 24.4. The number of halogens is 2. The van der Waals surface area contributed by atoms with E-state index in [0.717, 1.165) is 60.6 Å². The highest BCUT2D eigenvalue weighted by Crippen LogP contribution is 2.31. The van der Waals surface area contributed by atoms with Gasteiger partial charge in [0.2, 0.25) is 0 Å². The molecule has 4 rings (SSSR count). The molecule has 2 aliphatic heterocycles. The topological polar surface area (TPSA) is 69.2 Å². The summed E-state index contributed by atoms with van der Waals surface area (Å²) in [5.41, 5.74) is 1.99. The fourth-order valence-electron chi connectivity index (χ4n) is 4.02. The summed E-state index contributed by atoms with van der Waals surface area (Å²) in [7, 11) is 1.78. The summed E-state index contributed by atoms with van der Waals surface area (Å²) in [5, 5.41) is 7.63. The molecule has 1 unspecified atom stereocenters. The highest BCUT2D eigenvalue weighted by molar-refractivity contribution is 14.0. The number of para-hydroxylation sites is 2. The van der Waals surface area contributed by atoms with E-state index in [1.807, 2.05) is 42.5 Å². The number of anilines is 2. The fourth-order valence-corrected chi connectivity index (χ4v) is 4.20. The van der Waals surface area contributed by atoms with Gasteiger partial charge in [-0.1, -0.05) is 29.8 Å². The van der Waals surface area contributed by atoms with Crippen molar-refractivity contribution in [3.8, 4) is 5.75 Å². The number of carbonyl (C=O) groups excluding carboxylic acids is 1. The molecular weight excluding hydrogens is 541 g/mol. The smallest absolute Gasteiger partial charge is 0.265 e. The maximum absolute atomic E-state index is 12.3. The maximum Gasteiger partial charge on any atom is 0.265 e.